The third-order valence-electron chi connectivity index (χ3n) is 4.34. The molecule has 2 aromatic rings. The second kappa shape index (κ2) is 9.13. The van der Waals surface area contributed by atoms with Crippen molar-refractivity contribution in [1.82, 2.24) is 19.5 Å². The van der Waals surface area contributed by atoms with Crippen LogP contribution in [0.3, 0.4) is 0 Å². The molecule has 1 aliphatic heterocycles. The standard InChI is InChI=1S/C18H21N5O9/c1-7(24)20-18-21-15-12(16(28)22-18)19-6-23(15)17-14(31-10(4)27)13(30-9(3)26)11(32-17)5-29-8(2)25/h6,11,13-14,17H,5H2,1-4H3,(H2,20,21,22,24,28)/t11-,13-,14-,17-/m1/s1. The van der Waals surface area contributed by atoms with Crippen molar-refractivity contribution >= 4 is 40.9 Å². The van der Waals surface area contributed by atoms with Crippen LogP contribution in [0.15, 0.2) is 11.1 Å². The van der Waals surface area contributed by atoms with Gasteiger partial charge in [0.15, 0.2) is 29.6 Å². The molecule has 3 heterocycles. The quantitative estimate of drug-likeness (QED) is 0.423. The smallest absolute Gasteiger partial charge is 0.303 e. The van der Waals surface area contributed by atoms with E-state index in [2.05, 4.69) is 20.3 Å². The van der Waals surface area contributed by atoms with Crippen LogP contribution in [0.25, 0.3) is 11.2 Å². The highest BCUT2D eigenvalue weighted by Crippen LogP contribution is 2.35. The Balaban J connectivity index is 2.07. The molecule has 172 valence electrons. The molecule has 2 aromatic heterocycles. The van der Waals surface area contributed by atoms with Crippen molar-refractivity contribution in [2.24, 2.45) is 0 Å². The Morgan fingerprint density at radius 3 is 2.34 bits per heavy atom. The molecule has 0 spiro atoms. The number of nitrogens with zero attached hydrogens (tertiary/aromatic N) is 3. The van der Waals surface area contributed by atoms with E-state index in [1.807, 2.05) is 0 Å². The molecule has 0 aliphatic carbocycles. The Kier molecular flexibility index (Phi) is 6.53. The van der Waals surface area contributed by atoms with Crippen LogP contribution < -0.4 is 10.9 Å². The van der Waals surface area contributed by atoms with Crippen molar-refractivity contribution in [3.05, 3.63) is 16.7 Å². The lowest BCUT2D eigenvalue weighted by atomic mass is 10.1. The Bertz CT molecular complexity index is 1120. The second-order valence-corrected chi connectivity index (χ2v) is 6.94. The van der Waals surface area contributed by atoms with E-state index in [1.165, 1.54) is 24.7 Å². The number of ether oxygens (including phenoxy) is 4. The first-order valence-corrected chi connectivity index (χ1v) is 9.44. The molecule has 2 N–H and O–H groups in total. The minimum absolute atomic E-state index is 0.00867. The predicted molar refractivity (Wildman–Crippen MR) is 104 cm³/mol. The summed E-state index contributed by atoms with van der Waals surface area (Å²) in [6, 6.07) is 0. The first-order chi connectivity index (χ1) is 15.1. The van der Waals surface area contributed by atoms with Crippen LogP contribution in [0.5, 0.6) is 0 Å². The van der Waals surface area contributed by atoms with E-state index < -0.39 is 53.9 Å². The summed E-state index contributed by atoms with van der Waals surface area (Å²) in [4.78, 5) is 69.0. The number of H-pyrrole nitrogens is 1. The molecule has 0 saturated carbocycles. The van der Waals surface area contributed by atoms with Gasteiger partial charge in [0.2, 0.25) is 11.9 Å². The Hall–Kier alpha value is -3.81. The van der Waals surface area contributed by atoms with Gasteiger partial charge >= 0.3 is 17.9 Å². The zero-order valence-electron chi connectivity index (χ0n) is 17.6. The molecule has 0 bridgehead atoms. The van der Waals surface area contributed by atoms with Gasteiger partial charge in [-0.1, -0.05) is 0 Å². The lowest BCUT2D eigenvalue weighted by Crippen LogP contribution is -2.40. The second-order valence-electron chi connectivity index (χ2n) is 6.94. The normalized spacial score (nSPS) is 22.4. The SMILES string of the molecule is CC(=O)Nc1nc2c(ncn2[C@@H]2O[C@H](COC(C)=O)[C@@H](OC(C)=O)[C@H]2OC(C)=O)c(=O)[nH]1. The fraction of sp³-hybridized carbons (Fsp3) is 0.500. The maximum Gasteiger partial charge on any atom is 0.303 e. The zero-order valence-corrected chi connectivity index (χ0v) is 17.6. The number of imidazole rings is 1. The maximum atomic E-state index is 12.3. The van der Waals surface area contributed by atoms with Gasteiger partial charge in [-0.05, 0) is 0 Å². The lowest BCUT2D eigenvalue weighted by Gasteiger charge is -2.23. The van der Waals surface area contributed by atoms with Crippen LogP contribution in [0.4, 0.5) is 5.95 Å². The number of carbonyl (C=O) groups is 4. The molecule has 3 rings (SSSR count). The van der Waals surface area contributed by atoms with Crippen molar-refractivity contribution in [3.63, 3.8) is 0 Å². The summed E-state index contributed by atoms with van der Waals surface area (Å²) in [6.45, 7) is 4.46. The fourth-order valence-electron chi connectivity index (χ4n) is 3.26. The number of aromatic nitrogens is 4. The summed E-state index contributed by atoms with van der Waals surface area (Å²) in [7, 11) is 0. The van der Waals surface area contributed by atoms with E-state index >= 15 is 0 Å². The number of hydrogen-bond acceptors (Lipinski definition) is 11. The molecular formula is C18H21N5O9. The van der Waals surface area contributed by atoms with Gasteiger partial charge in [0.05, 0.1) is 6.33 Å². The van der Waals surface area contributed by atoms with Crippen LogP contribution in [0, 0.1) is 0 Å². The topological polar surface area (TPSA) is 181 Å². The predicted octanol–water partition coefficient (Wildman–Crippen LogP) is -0.598. The fourth-order valence-corrected chi connectivity index (χ4v) is 3.26. The van der Waals surface area contributed by atoms with Gasteiger partial charge in [-0.3, -0.25) is 38.8 Å². The van der Waals surface area contributed by atoms with Crippen molar-refractivity contribution in [3.8, 4) is 0 Å². The van der Waals surface area contributed by atoms with Gasteiger partial charge in [-0.2, -0.15) is 4.98 Å². The van der Waals surface area contributed by atoms with Gasteiger partial charge in [-0.25, -0.2) is 4.98 Å². The molecule has 1 aliphatic rings. The molecule has 1 amide bonds. The third-order valence-corrected chi connectivity index (χ3v) is 4.34. The van der Waals surface area contributed by atoms with E-state index in [4.69, 9.17) is 18.9 Å². The van der Waals surface area contributed by atoms with Crippen molar-refractivity contribution in [2.75, 3.05) is 11.9 Å². The number of esters is 3. The average molecular weight is 451 g/mol. The molecule has 1 saturated heterocycles. The molecule has 32 heavy (non-hydrogen) atoms. The number of carbonyl (C=O) groups excluding carboxylic acids is 4. The minimum Gasteiger partial charge on any atom is -0.463 e. The van der Waals surface area contributed by atoms with Crippen LogP contribution >= 0.6 is 0 Å². The number of rotatable bonds is 6. The van der Waals surface area contributed by atoms with Gasteiger partial charge in [0.25, 0.3) is 5.56 Å². The molecule has 14 nitrogen and oxygen atoms in total. The largest absolute Gasteiger partial charge is 0.463 e. The van der Waals surface area contributed by atoms with E-state index in [0.29, 0.717) is 0 Å². The van der Waals surface area contributed by atoms with Crippen molar-refractivity contribution in [2.45, 2.75) is 52.2 Å². The molecule has 1 fully saturated rings. The van der Waals surface area contributed by atoms with Crippen molar-refractivity contribution < 1.29 is 38.1 Å². The number of amides is 1. The minimum atomic E-state index is -1.18. The van der Waals surface area contributed by atoms with Gasteiger partial charge in [0, 0.05) is 27.7 Å². The molecule has 14 heteroatoms. The van der Waals surface area contributed by atoms with E-state index in [1.54, 1.807) is 0 Å². The summed E-state index contributed by atoms with van der Waals surface area (Å²) >= 11 is 0. The summed E-state index contributed by atoms with van der Waals surface area (Å²) in [5, 5.41) is 2.37. The van der Waals surface area contributed by atoms with Crippen LogP contribution in [0.1, 0.15) is 33.9 Å². The lowest BCUT2D eigenvalue weighted by molar-refractivity contribution is -0.166. The summed E-state index contributed by atoms with van der Waals surface area (Å²) < 4.78 is 22.8. The average Bonchev–Trinajstić information content (AvgIpc) is 3.21. The van der Waals surface area contributed by atoms with Crippen LogP contribution in [-0.2, 0) is 38.1 Å². The molecule has 0 unspecified atom stereocenters. The highest BCUT2D eigenvalue weighted by molar-refractivity contribution is 5.87. The number of aromatic amines is 1. The van der Waals surface area contributed by atoms with E-state index in [9.17, 15) is 24.0 Å². The first-order valence-electron chi connectivity index (χ1n) is 9.44. The summed E-state index contributed by atoms with van der Waals surface area (Å²) in [6.07, 6.45) is -3.22. The number of nitrogens with one attached hydrogen (secondary N) is 2. The Labute approximate surface area is 180 Å². The third kappa shape index (κ3) is 4.91. The van der Waals surface area contributed by atoms with Crippen LogP contribution in [0.2, 0.25) is 0 Å². The summed E-state index contributed by atoms with van der Waals surface area (Å²) in [5.74, 6) is -2.56. The van der Waals surface area contributed by atoms with Crippen molar-refractivity contribution in [1.29, 1.82) is 0 Å². The van der Waals surface area contributed by atoms with E-state index in [-0.39, 0.29) is 23.7 Å². The summed E-state index contributed by atoms with van der Waals surface area (Å²) in [5.41, 5.74) is -0.696. The van der Waals surface area contributed by atoms with Gasteiger partial charge < -0.3 is 18.9 Å². The Morgan fingerprint density at radius 1 is 1.09 bits per heavy atom. The van der Waals surface area contributed by atoms with Gasteiger partial charge in [0.1, 0.15) is 12.7 Å². The maximum absolute atomic E-state index is 12.3. The highest BCUT2D eigenvalue weighted by atomic mass is 16.7. The number of anilines is 1. The van der Waals surface area contributed by atoms with E-state index in [0.717, 1.165) is 13.8 Å². The van der Waals surface area contributed by atoms with Gasteiger partial charge in [-0.15, -0.1) is 0 Å². The van der Waals surface area contributed by atoms with Crippen LogP contribution in [-0.4, -0.2) is 68.3 Å². The molecule has 0 aromatic carbocycles. The number of hydrogen-bond donors (Lipinski definition) is 2. The molecular weight excluding hydrogens is 430 g/mol. The monoisotopic (exact) mass is 451 g/mol. The Morgan fingerprint density at radius 2 is 1.75 bits per heavy atom. The number of fused-ring (bicyclic) bond motifs is 1. The molecule has 0 radical (unpaired) electrons. The first kappa shape index (κ1) is 22.9. The molecule has 4 atom stereocenters. The zero-order chi connectivity index (χ0) is 23.6. The highest BCUT2D eigenvalue weighted by Gasteiger charge is 2.51.